The van der Waals surface area contributed by atoms with Crippen LogP contribution in [-0.2, 0) is 13.0 Å². The molecule has 0 spiro atoms. The number of hydrogen-bond donors (Lipinski definition) is 1. The topological polar surface area (TPSA) is 60.2 Å². The Morgan fingerprint density at radius 3 is 3.15 bits per heavy atom. The van der Waals surface area contributed by atoms with E-state index >= 15 is 0 Å². The number of benzene rings is 1. The molecule has 2 heterocycles. The Labute approximate surface area is 118 Å². The van der Waals surface area contributed by atoms with Gasteiger partial charge < -0.3 is 9.84 Å². The van der Waals surface area contributed by atoms with Crippen LogP contribution < -0.4 is 4.74 Å². The van der Waals surface area contributed by atoms with Crippen molar-refractivity contribution in [3.05, 3.63) is 41.5 Å². The lowest BCUT2D eigenvalue weighted by Gasteiger charge is -2.19. The largest absolute Gasteiger partial charge is 0.497 e. The van der Waals surface area contributed by atoms with Crippen LogP contribution in [0.15, 0.2) is 24.3 Å². The van der Waals surface area contributed by atoms with Gasteiger partial charge in [0.05, 0.1) is 13.7 Å². The highest BCUT2D eigenvalue weighted by Crippen LogP contribution is 2.25. The minimum absolute atomic E-state index is 0.135. The second-order valence-corrected chi connectivity index (χ2v) is 5.16. The minimum Gasteiger partial charge on any atom is -0.497 e. The van der Waals surface area contributed by atoms with E-state index in [0.29, 0.717) is 6.42 Å². The van der Waals surface area contributed by atoms with Gasteiger partial charge in [0, 0.05) is 18.9 Å². The fourth-order valence-corrected chi connectivity index (χ4v) is 2.70. The first-order valence-electron chi connectivity index (χ1n) is 6.97. The predicted molar refractivity (Wildman–Crippen MR) is 74.9 cm³/mol. The summed E-state index contributed by atoms with van der Waals surface area (Å²) in [6.45, 7) is 1.05. The van der Waals surface area contributed by atoms with Crippen LogP contribution in [0, 0.1) is 0 Å². The summed E-state index contributed by atoms with van der Waals surface area (Å²) in [6.07, 6.45) is 2.74. The van der Waals surface area contributed by atoms with Gasteiger partial charge in [0.1, 0.15) is 11.6 Å². The van der Waals surface area contributed by atoms with Crippen LogP contribution in [0.1, 0.15) is 36.0 Å². The van der Waals surface area contributed by atoms with Crippen molar-refractivity contribution >= 4 is 0 Å². The van der Waals surface area contributed by atoms with Gasteiger partial charge in [-0.25, -0.2) is 9.67 Å². The first-order valence-corrected chi connectivity index (χ1v) is 6.97. The molecule has 0 radical (unpaired) electrons. The third-order valence-corrected chi connectivity index (χ3v) is 3.75. The molecule has 0 fully saturated rings. The normalized spacial score (nSPS) is 17.8. The number of nitrogens with zero attached hydrogens (tertiary/aromatic N) is 3. The molecule has 1 aromatic heterocycles. The van der Waals surface area contributed by atoms with Crippen LogP contribution in [0.5, 0.6) is 5.75 Å². The third-order valence-electron chi connectivity index (χ3n) is 3.75. The Kier molecular flexibility index (Phi) is 3.69. The molecule has 0 aliphatic carbocycles. The first kappa shape index (κ1) is 13.1. The van der Waals surface area contributed by atoms with E-state index in [1.165, 1.54) is 0 Å². The summed E-state index contributed by atoms with van der Waals surface area (Å²) < 4.78 is 7.17. The zero-order valence-electron chi connectivity index (χ0n) is 11.6. The highest BCUT2D eigenvalue weighted by Gasteiger charge is 2.23. The van der Waals surface area contributed by atoms with Gasteiger partial charge in [-0.05, 0) is 30.5 Å². The van der Waals surface area contributed by atoms with Crippen molar-refractivity contribution in [3.63, 3.8) is 0 Å². The van der Waals surface area contributed by atoms with Crippen LogP contribution in [0.3, 0.4) is 0 Å². The van der Waals surface area contributed by atoms with Crippen molar-refractivity contribution in [2.45, 2.75) is 31.7 Å². The number of rotatable bonds is 4. The van der Waals surface area contributed by atoms with Crippen LogP contribution >= 0.6 is 0 Å². The van der Waals surface area contributed by atoms with E-state index in [1.807, 2.05) is 28.9 Å². The Morgan fingerprint density at radius 1 is 1.45 bits per heavy atom. The lowest BCUT2D eigenvalue weighted by molar-refractivity contribution is 0.234. The molecule has 0 bridgehead atoms. The van der Waals surface area contributed by atoms with Crippen molar-refractivity contribution in [2.75, 3.05) is 13.7 Å². The van der Waals surface area contributed by atoms with E-state index < -0.39 is 0 Å². The molecule has 1 aliphatic heterocycles. The van der Waals surface area contributed by atoms with Gasteiger partial charge >= 0.3 is 0 Å². The molecular weight excluding hydrogens is 254 g/mol. The molecule has 1 aliphatic rings. The van der Waals surface area contributed by atoms with Crippen molar-refractivity contribution in [3.8, 4) is 5.75 Å². The van der Waals surface area contributed by atoms with E-state index in [1.54, 1.807) is 7.11 Å². The van der Waals surface area contributed by atoms with E-state index in [9.17, 15) is 5.11 Å². The van der Waals surface area contributed by atoms with Crippen molar-refractivity contribution in [2.24, 2.45) is 0 Å². The van der Waals surface area contributed by atoms with Crippen LogP contribution in [-0.4, -0.2) is 33.6 Å². The van der Waals surface area contributed by atoms with Gasteiger partial charge in [0.2, 0.25) is 0 Å². The summed E-state index contributed by atoms with van der Waals surface area (Å²) in [4.78, 5) is 4.60. The fourth-order valence-electron chi connectivity index (χ4n) is 2.70. The van der Waals surface area contributed by atoms with Crippen molar-refractivity contribution in [1.82, 2.24) is 14.8 Å². The van der Waals surface area contributed by atoms with E-state index in [4.69, 9.17) is 4.74 Å². The molecule has 3 rings (SSSR count). The fraction of sp³-hybridized carbons (Fsp3) is 0.467. The molecule has 1 atom stereocenters. The molecule has 1 aromatic carbocycles. The monoisotopic (exact) mass is 273 g/mol. The Bertz CT molecular complexity index is 595. The number of aliphatic hydroxyl groups is 1. The van der Waals surface area contributed by atoms with Gasteiger partial charge in [-0.2, -0.15) is 5.10 Å². The average Bonchev–Trinajstić information content (AvgIpc) is 2.89. The number of ether oxygens (including phenoxy) is 1. The summed E-state index contributed by atoms with van der Waals surface area (Å²) in [6, 6.07) is 7.95. The Morgan fingerprint density at radius 2 is 2.35 bits per heavy atom. The molecule has 0 saturated heterocycles. The first-order chi connectivity index (χ1) is 9.80. The van der Waals surface area contributed by atoms with Crippen molar-refractivity contribution < 1.29 is 9.84 Å². The Hall–Kier alpha value is -1.88. The van der Waals surface area contributed by atoms with E-state index in [2.05, 4.69) is 10.1 Å². The maximum absolute atomic E-state index is 9.41. The maximum Gasteiger partial charge on any atom is 0.155 e. The molecule has 1 unspecified atom stereocenters. The van der Waals surface area contributed by atoms with Crippen LogP contribution in [0.2, 0.25) is 0 Å². The third kappa shape index (κ3) is 2.54. The maximum atomic E-state index is 9.41. The number of hydrogen-bond acceptors (Lipinski definition) is 4. The SMILES string of the molecule is COc1cccc(Cc2nc3n(n2)CCCC3CO)c1. The summed E-state index contributed by atoms with van der Waals surface area (Å²) in [5.41, 5.74) is 1.13. The predicted octanol–water partition coefficient (Wildman–Crippen LogP) is 1.75. The van der Waals surface area contributed by atoms with Crippen molar-refractivity contribution in [1.29, 1.82) is 0 Å². The summed E-state index contributed by atoms with van der Waals surface area (Å²) in [5.74, 6) is 2.72. The summed E-state index contributed by atoms with van der Waals surface area (Å²) in [7, 11) is 1.67. The van der Waals surface area contributed by atoms with Gasteiger partial charge in [-0.3, -0.25) is 0 Å². The van der Waals surface area contributed by atoms with E-state index in [0.717, 1.165) is 42.3 Å². The molecule has 1 N–H and O–H groups in total. The number of methoxy groups -OCH3 is 1. The van der Waals surface area contributed by atoms with Crippen LogP contribution in [0.25, 0.3) is 0 Å². The summed E-state index contributed by atoms with van der Waals surface area (Å²) in [5, 5.41) is 14.0. The molecule has 20 heavy (non-hydrogen) atoms. The quantitative estimate of drug-likeness (QED) is 0.922. The van der Waals surface area contributed by atoms with Gasteiger partial charge in [0.25, 0.3) is 0 Å². The minimum atomic E-state index is 0.135. The lowest BCUT2D eigenvalue weighted by atomic mass is 10.0. The molecule has 106 valence electrons. The molecule has 2 aromatic rings. The van der Waals surface area contributed by atoms with E-state index in [-0.39, 0.29) is 12.5 Å². The standard InChI is InChI=1S/C15H19N3O2/c1-20-13-6-2-4-11(8-13)9-14-16-15-12(10-19)5-3-7-18(15)17-14/h2,4,6,8,12,19H,3,5,7,9-10H2,1H3. The Balaban J connectivity index is 1.83. The van der Waals surface area contributed by atoms with Gasteiger partial charge in [-0.1, -0.05) is 12.1 Å². The number of aryl methyl sites for hydroxylation is 1. The molecule has 5 nitrogen and oxygen atoms in total. The molecule has 0 saturated carbocycles. The smallest absolute Gasteiger partial charge is 0.155 e. The average molecular weight is 273 g/mol. The second-order valence-electron chi connectivity index (χ2n) is 5.16. The summed E-state index contributed by atoms with van der Waals surface area (Å²) >= 11 is 0. The molecular formula is C15H19N3O2. The second kappa shape index (κ2) is 5.63. The number of aliphatic hydroxyl groups excluding tert-OH is 1. The molecule has 5 heteroatoms. The van der Waals surface area contributed by atoms with Crippen LogP contribution in [0.4, 0.5) is 0 Å². The highest BCUT2D eigenvalue weighted by atomic mass is 16.5. The lowest BCUT2D eigenvalue weighted by Crippen LogP contribution is -2.19. The highest BCUT2D eigenvalue weighted by molar-refractivity contribution is 5.30. The zero-order chi connectivity index (χ0) is 13.9. The molecule has 0 amide bonds. The van der Waals surface area contributed by atoms with Gasteiger partial charge in [0.15, 0.2) is 5.82 Å². The zero-order valence-corrected chi connectivity index (χ0v) is 11.6. The number of fused-ring (bicyclic) bond motifs is 1. The number of aromatic nitrogens is 3. The van der Waals surface area contributed by atoms with Gasteiger partial charge in [-0.15, -0.1) is 0 Å².